The van der Waals surface area contributed by atoms with Crippen LogP contribution >= 0.6 is 11.6 Å². The summed E-state index contributed by atoms with van der Waals surface area (Å²) in [5.74, 6) is -1.59. The molecular weight excluding hydrogens is 572 g/mol. The van der Waals surface area contributed by atoms with E-state index in [4.69, 9.17) is 11.6 Å². The molecule has 1 heterocycles. The average molecular weight is 597 g/mol. The van der Waals surface area contributed by atoms with Crippen molar-refractivity contribution >= 4 is 50.6 Å². The third-order valence-corrected chi connectivity index (χ3v) is 8.84. The van der Waals surface area contributed by atoms with Crippen LogP contribution in [-0.4, -0.2) is 39.1 Å². The minimum atomic E-state index is -4.75. The minimum Gasteiger partial charge on any atom is -0.481 e. The van der Waals surface area contributed by atoms with Crippen molar-refractivity contribution < 1.29 is 35.9 Å². The highest BCUT2D eigenvalue weighted by molar-refractivity contribution is 7.92. The SMILES string of the molecule is C/C(=C\c1ccc2c(c1)N(S(=O)(=O)c1cccc(C(F)(F)F)c1)CC(CCC(=O)O)N2C)c1c(F)cccc1Cl. The number of hydrogen-bond acceptors (Lipinski definition) is 4. The van der Waals surface area contributed by atoms with Crippen molar-refractivity contribution in [2.24, 2.45) is 0 Å². The van der Waals surface area contributed by atoms with Gasteiger partial charge in [0.2, 0.25) is 0 Å². The number of rotatable bonds is 7. The van der Waals surface area contributed by atoms with E-state index in [0.29, 0.717) is 22.9 Å². The van der Waals surface area contributed by atoms with Gasteiger partial charge in [-0.2, -0.15) is 13.2 Å². The Morgan fingerprint density at radius 2 is 1.80 bits per heavy atom. The van der Waals surface area contributed by atoms with Crippen LogP contribution in [0.3, 0.4) is 0 Å². The third kappa shape index (κ3) is 5.95. The van der Waals surface area contributed by atoms with Crippen LogP contribution < -0.4 is 9.21 Å². The van der Waals surface area contributed by atoms with Crippen LogP contribution in [0, 0.1) is 5.82 Å². The number of anilines is 2. The number of hydrogen-bond donors (Lipinski definition) is 1. The Hall–Kier alpha value is -3.57. The highest BCUT2D eigenvalue weighted by atomic mass is 35.5. The molecule has 0 saturated carbocycles. The maximum absolute atomic E-state index is 14.5. The summed E-state index contributed by atoms with van der Waals surface area (Å²) in [7, 11) is -2.81. The number of benzene rings is 3. The third-order valence-electron chi connectivity index (χ3n) is 6.75. The number of allylic oxidation sites excluding steroid dienone is 1. The van der Waals surface area contributed by atoms with Crippen molar-refractivity contribution in [1.29, 1.82) is 0 Å². The van der Waals surface area contributed by atoms with E-state index in [0.717, 1.165) is 22.5 Å². The number of aliphatic carboxylic acids is 1. The molecule has 0 aromatic heterocycles. The predicted octanol–water partition coefficient (Wildman–Crippen LogP) is 6.94. The van der Waals surface area contributed by atoms with Crippen LogP contribution in [0.4, 0.5) is 28.9 Å². The van der Waals surface area contributed by atoms with Crippen molar-refractivity contribution in [3.63, 3.8) is 0 Å². The van der Waals surface area contributed by atoms with E-state index in [2.05, 4.69) is 0 Å². The molecule has 0 bridgehead atoms. The molecule has 1 unspecified atom stereocenters. The average Bonchev–Trinajstić information content (AvgIpc) is 2.87. The molecule has 1 aliphatic rings. The smallest absolute Gasteiger partial charge is 0.416 e. The molecule has 3 aromatic rings. The second-order valence-corrected chi connectivity index (χ2v) is 11.7. The van der Waals surface area contributed by atoms with Gasteiger partial charge in [0.15, 0.2) is 0 Å². The zero-order valence-electron chi connectivity index (χ0n) is 21.4. The van der Waals surface area contributed by atoms with E-state index in [1.165, 1.54) is 12.1 Å². The van der Waals surface area contributed by atoms with Crippen LogP contribution in [-0.2, 0) is 21.0 Å². The van der Waals surface area contributed by atoms with Gasteiger partial charge in [-0.3, -0.25) is 9.10 Å². The van der Waals surface area contributed by atoms with Crippen molar-refractivity contribution in [2.45, 2.75) is 36.9 Å². The predicted molar refractivity (Wildman–Crippen MR) is 146 cm³/mol. The lowest BCUT2D eigenvalue weighted by Crippen LogP contribution is -2.49. The van der Waals surface area contributed by atoms with Gasteiger partial charge in [-0.25, -0.2) is 12.8 Å². The molecule has 1 N–H and O–H groups in total. The van der Waals surface area contributed by atoms with Crippen LogP contribution in [0.1, 0.15) is 36.5 Å². The van der Waals surface area contributed by atoms with Crippen molar-refractivity contribution in [1.82, 2.24) is 0 Å². The lowest BCUT2D eigenvalue weighted by Gasteiger charge is -2.42. The zero-order chi connectivity index (χ0) is 29.4. The number of fused-ring (bicyclic) bond motifs is 1. The zero-order valence-corrected chi connectivity index (χ0v) is 23.0. The lowest BCUT2D eigenvalue weighted by atomic mass is 10.0. The van der Waals surface area contributed by atoms with Crippen molar-refractivity contribution in [3.8, 4) is 0 Å². The van der Waals surface area contributed by atoms with Gasteiger partial charge in [-0.1, -0.05) is 35.9 Å². The van der Waals surface area contributed by atoms with Crippen LogP contribution in [0.25, 0.3) is 11.6 Å². The Labute approximate surface area is 234 Å². The summed E-state index contributed by atoms with van der Waals surface area (Å²) in [5.41, 5.74) is 0.667. The summed E-state index contributed by atoms with van der Waals surface area (Å²) >= 11 is 6.19. The summed E-state index contributed by atoms with van der Waals surface area (Å²) in [6, 6.07) is 12.0. The molecule has 0 amide bonds. The second kappa shape index (κ2) is 11.1. The molecule has 0 radical (unpaired) electrons. The van der Waals surface area contributed by atoms with E-state index >= 15 is 0 Å². The number of likely N-dealkylation sites (N-methyl/N-ethyl adjacent to an activating group) is 1. The molecule has 40 heavy (non-hydrogen) atoms. The summed E-state index contributed by atoms with van der Waals surface area (Å²) in [4.78, 5) is 12.4. The van der Waals surface area contributed by atoms with E-state index in [1.54, 1.807) is 49.2 Å². The normalized spacial score (nSPS) is 16.2. The number of carbonyl (C=O) groups is 1. The fraction of sp³-hybridized carbons (Fsp3) is 0.250. The Kier molecular flexibility index (Phi) is 8.18. The Morgan fingerprint density at radius 3 is 2.45 bits per heavy atom. The van der Waals surface area contributed by atoms with Gasteiger partial charge in [0.05, 0.1) is 33.4 Å². The first-order chi connectivity index (χ1) is 18.7. The molecule has 0 aliphatic carbocycles. The van der Waals surface area contributed by atoms with Crippen LogP contribution in [0.2, 0.25) is 5.02 Å². The minimum absolute atomic E-state index is 0.104. The number of carboxylic acid groups (broad SMARTS) is 1. The van der Waals surface area contributed by atoms with Gasteiger partial charge < -0.3 is 10.0 Å². The van der Waals surface area contributed by atoms with Gasteiger partial charge in [0.1, 0.15) is 5.82 Å². The molecule has 0 fully saturated rings. The largest absolute Gasteiger partial charge is 0.481 e. The number of sulfonamides is 1. The fourth-order valence-electron chi connectivity index (χ4n) is 4.70. The highest BCUT2D eigenvalue weighted by Gasteiger charge is 2.38. The molecule has 0 saturated heterocycles. The standard InChI is InChI=1S/C28H25ClF4N2O4S/c1-17(27-22(29)7-4-8-23(27)30)13-18-9-11-24-25(14-18)35(16-20(34(24)2)10-12-26(36)37)40(38,39)21-6-3-5-19(15-21)28(31,32)33/h3-9,11,13-15,20H,10,12,16H2,1-2H3,(H,36,37)/b17-13+. The fourth-order valence-corrected chi connectivity index (χ4v) is 6.56. The molecule has 6 nitrogen and oxygen atoms in total. The summed E-state index contributed by atoms with van der Waals surface area (Å²) in [6.45, 7) is 1.45. The maximum Gasteiger partial charge on any atom is 0.416 e. The Balaban J connectivity index is 1.84. The summed E-state index contributed by atoms with van der Waals surface area (Å²) in [5, 5.41) is 9.39. The quantitative estimate of drug-likeness (QED) is 0.236. The molecule has 0 spiro atoms. The monoisotopic (exact) mass is 596 g/mol. The first kappa shape index (κ1) is 29.4. The lowest BCUT2D eigenvalue weighted by molar-refractivity contribution is -0.138. The molecular formula is C28H25ClF4N2O4S. The van der Waals surface area contributed by atoms with E-state index in [-0.39, 0.29) is 35.7 Å². The van der Waals surface area contributed by atoms with Gasteiger partial charge in [-0.15, -0.1) is 0 Å². The molecule has 4 rings (SSSR count). The second-order valence-electron chi connectivity index (χ2n) is 9.43. The van der Waals surface area contributed by atoms with Crippen molar-refractivity contribution in [2.75, 3.05) is 22.8 Å². The number of halogens is 5. The van der Waals surface area contributed by atoms with E-state index in [9.17, 15) is 35.9 Å². The number of nitrogens with zero attached hydrogens (tertiary/aromatic N) is 2. The van der Waals surface area contributed by atoms with Gasteiger partial charge in [0, 0.05) is 25.1 Å². The first-order valence-electron chi connectivity index (χ1n) is 12.1. The van der Waals surface area contributed by atoms with Gasteiger partial charge in [0.25, 0.3) is 10.0 Å². The molecule has 12 heteroatoms. The number of carboxylic acids is 1. The van der Waals surface area contributed by atoms with E-state index in [1.807, 2.05) is 0 Å². The Bertz CT molecular complexity index is 1570. The topological polar surface area (TPSA) is 77.9 Å². The van der Waals surface area contributed by atoms with E-state index < -0.39 is 44.5 Å². The molecule has 3 aromatic carbocycles. The van der Waals surface area contributed by atoms with Gasteiger partial charge in [-0.05, 0) is 66.9 Å². The molecule has 212 valence electrons. The first-order valence-corrected chi connectivity index (χ1v) is 13.9. The van der Waals surface area contributed by atoms with Crippen molar-refractivity contribution in [3.05, 3.63) is 88.2 Å². The number of alkyl halides is 3. The highest BCUT2D eigenvalue weighted by Crippen LogP contribution is 2.41. The molecule has 1 aliphatic heterocycles. The Morgan fingerprint density at radius 1 is 1.10 bits per heavy atom. The van der Waals surface area contributed by atoms with Crippen LogP contribution in [0.5, 0.6) is 0 Å². The van der Waals surface area contributed by atoms with Gasteiger partial charge >= 0.3 is 12.1 Å². The maximum atomic E-state index is 14.5. The summed E-state index contributed by atoms with van der Waals surface area (Å²) < 4.78 is 83.3. The molecule has 1 atom stereocenters. The van der Waals surface area contributed by atoms with Crippen LogP contribution in [0.15, 0.2) is 65.6 Å². The summed E-state index contributed by atoms with van der Waals surface area (Å²) in [6.07, 6.45) is -3.26.